The molecule has 0 saturated heterocycles. The van der Waals surface area contributed by atoms with E-state index in [-0.39, 0.29) is 23.6 Å². The van der Waals surface area contributed by atoms with E-state index in [1.807, 2.05) is 48.5 Å². The molecule has 2 heterocycles. The van der Waals surface area contributed by atoms with Gasteiger partial charge in [0.25, 0.3) is 5.91 Å². The number of hydrogen-bond acceptors (Lipinski definition) is 5. The van der Waals surface area contributed by atoms with Gasteiger partial charge in [0.05, 0.1) is 36.2 Å². The van der Waals surface area contributed by atoms with E-state index in [1.54, 1.807) is 30.5 Å². The molecule has 1 amide bonds. The number of pyridine rings is 1. The maximum Gasteiger partial charge on any atom is 0.252 e. The lowest BCUT2D eigenvalue weighted by molar-refractivity contribution is 0.0845. The van der Waals surface area contributed by atoms with Gasteiger partial charge >= 0.3 is 0 Å². The van der Waals surface area contributed by atoms with E-state index in [2.05, 4.69) is 20.5 Å². The van der Waals surface area contributed by atoms with E-state index >= 15 is 4.39 Å². The number of nitrogens with one attached hydrogen (secondary N) is 2. The van der Waals surface area contributed by atoms with Crippen LogP contribution in [0.25, 0.3) is 22.5 Å². The molecule has 0 radical (unpaired) electrons. The molecule has 4 N–H and O–H groups in total. The van der Waals surface area contributed by atoms with Gasteiger partial charge < -0.3 is 15.8 Å². The summed E-state index contributed by atoms with van der Waals surface area (Å²) < 4.78 is 34.4. The van der Waals surface area contributed by atoms with Crippen LogP contribution in [-0.2, 0) is 17.8 Å². The van der Waals surface area contributed by atoms with Gasteiger partial charge in [-0.25, -0.2) is 8.78 Å². The Labute approximate surface area is 236 Å². The van der Waals surface area contributed by atoms with Crippen molar-refractivity contribution in [3.63, 3.8) is 0 Å². The number of hydrogen-bond donors (Lipinski definition) is 3. The Bertz CT molecular complexity index is 1580. The van der Waals surface area contributed by atoms with Crippen LogP contribution in [0.2, 0.25) is 0 Å². The minimum absolute atomic E-state index is 0.0661. The highest BCUT2D eigenvalue weighted by atomic mass is 19.1. The summed E-state index contributed by atoms with van der Waals surface area (Å²) in [7, 11) is 0. The van der Waals surface area contributed by atoms with Crippen LogP contribution >= 0.6 is 0 Å². The van der Waals surface area contributed by atoms with Crippen molar-refractivity contribution in [1.29, 1.82) is 0 Å². The summed E-state index contributed by atoms with van der Waals surface area (Å²) in [4.78, 5) is 18.0. The van der Waals surface area contributed by atoms with Crippen LogP contribution in [0.5, 0.6) is 0 Å². The summed E-state index contributed by atoms with van der Waals surface area (Å²) in [6.07, 6.45) is 2.03. The zero-order chi connectivity index (χ0) is 28.6. The molecule has 3 aromatic carbocycles. The van der Waals surface area contributed by atoms with E-state index < -0.39 is 23.8 Å². The summed E-state index contributed by atoms with van der Waals surface area (Å²) in [5.41, 5.74) is 9.90. The SMILES string of the molecule is N[C@H](COCc1ccccc1)[C@H](Cc1ccccn1)NC(=O)c1cccc(F)c1-c1cc(-c2ccc(F)cc2)n[nH]1. The first-order chi connectivity index (χ1) is 20.0. The van der Waals surface area contributed by atoms with Gasteiger partial charge in [-0.05, 0) is 60.2 Å². The molecular weight excluding hydrogens is 524 g/mol. The topological polar surface area (TPSA) is 106 Å². The number of aromatic amines is 1. The van der Waals surface area contributed by atoms with Crippen molar-refractivity contribution in [2.45, 2.75) is 25.1 Å². The average Bonchev–Trinajstić information content (AvgIpc) is 3.48. The lowest BCUT2D eigenvalue weighted by Crippen LogP contribution is -2.51. The number of amides is 1. The summed E-state index contributed by atoms with van der Waals surface area (Å²) in [5, 5.41) is 10.0. The smallest absolute Gasteiger partial charge is 0.252 e. The molecule has 0 bridgehead atoms. The number of nitrogens with zero attached hydrogens (tertiary/aromatic N) is 2. The monoisotopic (exact) mass is 553 g/mol. The minimum atomic E-state index is -0.594. The summed E-state index contributed by atoms with van der Waals surface area (Å²) in [6, 6.07) is 25.8. The van der Waals surface area contributed by atoms with E-state index in [0.29, 0.717) is 30.0 Å². The van der Waals surface area contributed by atoms with Crippen molar-refractivity contribution in [2.75, 3.05) is 6.61 Å². The second-order valence-corrected chi connectivity index (χ2v) is 9.61. The highest BCUT2D eigenvalue weighted by Gasteiger charge is 2.25. The van der Waals surface area contributed by atoms with Crippen molar-refractivity contribution in [3.8, 4) is 22.5 Å². The molecular formula is C32H29F2N5O2. The van der Waals surface area contributed by atoms with Gasteiger partial charge in [0.15, 0.2) is 0 Å². The number of benzene rings is 3. The molecule has 7 nitrogen and oxygen atoms in total. The third-order valence-electron chi connectivity index (χ3n) is 6.66. The van der Waals surface area contributed by atoms with Crippen LogP contribution in [0.4, 0.5) is 8.78 Å². The Morgan fingerprint density at radius 1 is 0.951 bits per heavy atom. The van der Waals surface area contributed by atoms with E-state index in [1.165, 1.54) is 24.3 Å². The first-order valence-electron chi connectivity index (χ1n) is 13.2. The number of H-pyrrole nitrogens is 1. The van der Waals surface area contributed by atoms with Crippen molar-refractivity contribution in [1.82, 2.24) is 20.5 Å². The van der Waals surface area contributed by atoms with Gasteiger partial charge in [-0.15, -0.1) is 0 Å². The predicted octanol–water partition coefficient (Wildman–Crippen LogP) is 5.30. The molecule has 0 fully saturated rings. The zero-order valence-electron chi connectivity index (χ0n) is 22.1. The van der Waals surface area contributed by atoms with Crippen molar-refractivity contribution < 1.29 is 18.3 Å². The number of carbonyl (C=O) groups is 1. The van der Waals surface area contributed by atoms with Gasteiger partial charge in [-0.3, -0.25) is 14.9 Å². The normalized spacial score (nSPS) is 12.6. The van der Waals surface area contributed by atoms with E-state index in [0.717, 1.165) is 11.3 Å². The molecule has 5 rings (SSSR count). The van der Waals surface area contributed by atoms with Crippen LogP contribution in [-0.4, -0.2) is 39.8 Å². The molecule has 0 unspecified atom stereocenters. The van der Waals surface area contributed by atoms with Crippen molar-refractivity contribution in [2.24, 2.45) is 5.73 Å². The highest BCUT2D eigenvalue weighted by molar-refractivity contribution is 6.01. The molecule has 208 valence electrons. The first-order valence-corrected chi connectivity index (χ1v) is 13.2. The molecule has 9 heteroatoms. The van der Waals surface area contributed by atoms with Crippen LogP contribution in [0.3, 0.4) is 0 Å². The van der Waals surface area contributed by atoms with Crippen LogP contribution in [0.1, 0.15) is 21.6 Å². The molecule has 41 heavy (non-hydrogen) atoms. The average molecular weight is 554 g/mol. The van der Waals surface area contributed by atoms with Gasteiger partial charge in [0, 0.05) is 35.5 Å². The molecule has 2 aromatic heterocycles. The Balaban J connectivity index is 1.37. The third kappa shape index (κ3) is 7.08. The first kappa shape index (κ1) is 27.8. The Hall–Kier alpha value is -4.73. The molecule has 0 aliphatic rings. The van der Waals surface area contributed by atoms with Gasteiger partial charge in [0.1, 0.15) is 11.6 Å². The fourth-order valence-electron chi connectivity index (χ4n) is 4.51. The molecule has 0 spiro atoms. The van der Waals surface area contributed by atoms with Gasteiger partial charge in [-0.2, -0.15) is 5.10 Å². The fourth-order valence-corrected chi connectivity index (χ4v) is 4.51. The Morgan fingerprint density at radius 2 is 1.73 bits per heavy atom. The number of carbonyl (C=O) groups excluding carboxylic acids is 1. The lowest BCUT2D eigenvalue weighted by atomic mass is 9.99. The van der Waals surface area contributed by atoms with E-state index in [9.17, 15) is 9.18 Å². The van der Waals surface area contributed by atoms with Gasteiger partial charge in [-0.1, -0.05) is 42.5 Å². The standard InChI is InChI=1S/C32H29F2N5O2/c33-23-14-12-22(13-15-23)28-18-30(39-38-28)31-25(10-6-11-26(31)34)32(40)37-29(17-24-9-4-5-16-36-24)27(35)20-41-19-21-7-2-1-3-8-21/h1-16,18,27,29H,17,19-20,35H2,(H,37,40)(H,38,39)/t27-,29+/m1/s1. The minimum Gasteiger partial charge on any atom is -0.375 e. The fraction of sp³-hybridized carbons (Fsp3) is 0.156. The molecule has 5 aromatic rings. The lowest BCUT2D eigenvalue weighted by Gasteiger charge is -2.25. The van der Waals surface area contributed by atoms with Crippen LogP contribution in [0.15, 0.2) is 103 Å². The molecule has 2 atom stereocenters. The Morgan fingerprint density at radius 3 is 2.49 bits per heavy atom. The maximum absolute atomic E-state index is 15.2. The second kappa shape index (κ2) is 13.1. The summed E-state index contributed by atoms with van der Waals surface area (Å²) in [6.45, 7) is 0.563. The highest BCUT2D eigenvalue weighted by Crippen LogP contribution is 2.29. The second-order valence-electron chi connectivity index (χ2n) is 9.61. The molecule has 0 aliphatic carbocycles. The number of rotatable bonds is 11. The molecule has 0 aliphatic heterocycles. The van der Waals surface area contributed by atoms with E-state index in [4.69, 9.17) is 10.5 Å². The number of aromatic nitrogens is 3. The van der Waals surface area contributed by atoms with Crippen molar-refractivity contribution in [3.05, 3.63) is 132 Å². The third-order valence-corrected chi connectivity index (χ3v) is 6.66. The van der Waals surface area contributed by atoms with Crippen LogP contribution < -0.4 is 11.1 Å². The quantitative estimate of drug-likeness (QED) is 0.206. The zero-order valence-corrected chi connectivity index (χ0v) is 22.1. The Kier molecular flexibility index (Phi) is 8.88. The number of ether oxygens (including phenoxy) is 1. The van der Waals surface area contributed by atoms with Gasteiger partial charge in [0.2, 0.25) is 0 Å². The van der Waals surface area contributed by atoms with Crippen LogP contribution in [0, 0.1) is 11.6 Å². The van der Waals surface area contributed by atoms with Crippen molar-refractivity contribution >= 4 is 5.91 Å². The number of halogens is 2. The summed E-state index contributed by atoms with van der Waals surface area (Å²) >= 11 is 0. The summed E-state index contributed by atoms with van der Waals surface area (Å²) in [5.74, 6) is -1.47. The predicted molar refractivity (Wildman–Crippen MR) is 153 cm³/mol. The largest absolute Gasteiger partial charge is 0.375 e. The number of nitrogens with two attached hydrogens (primary N) is 1. The maximum atomic E-state index is 15.2. The molecule has 0 saturated carbocycles.